The van der Waals surface area contributed by atoms with Crippen LogP contribution in [0.5, 0.6) is 0 Å². The number of guanidine groups is 1. The van der Waals surface area contributed by atoms with Gasteiger partial charge in [-0.1, -0.05) is 36.4 Å². The number of benzene rings is 2. The molecule has 1 aliphatic heterocycles. The number of hydrogen-bond acceptors (Lipinski definition) is 2. The Balaban J connectivity index is 0.00000280. The molecule has 28 heavy (non-hydrogen) atoms. The molecule has 1 aliphatic rings. The Kier molecular flexibility index (Phi) is 9.67. The van der Waals surface area contributed by atoms with Crippen molar-refractivity contribution in [3.63, 3.8) is 0 Å². The highest BCUT2D eigenvalue weighted by atomic mass is 127. The van der Waals surface area contributed by atoms with Crippen LogP contribution in [0.25, 0.3) is 0 Å². The fourth-order valence-electron chi connectivity index (χ4n) is 3.30. The summed E-state index contributed by atoms with van der Waals surface area (Å²) in [5.74, 6) is 0.517. The normalized spacial score (nSPS) is 15.8. The first-order chi connectivity index (χ1) is 13.1. The van der Waals surface area contributed by atoms with Crippen LogP contribution in [0, 0.1) is 5.82 Å². The molecule has 2 N–H and O–H groups in total. The molecule has 0 aromatic heterocycles. The second kappa shape index (κ2) is 11.7. The number of hydrogen-bond donors (Lipinski definition) is 2. The Bertz CT molecular complexity index is 764. The lowest BCUT2D eigenvalue weighted by molar-refractivity contribution is 0.198. The lowest BCUT2D eigenvalue weighted by Crippen LogP contribution is -2.48. The largest absolute Gasteiger partial charge is 0.354 e. The molecule has 0 spiro atoms. The maximum atomic E-state index is 13.6. The summed E-state index contributed by atoms with van der Waals surface area (Å²) in [4.78, 5) is 6.80. The molecule has 2 aromatic rings. The number of piperidine rings is 1. The van der Waals surface area contributed by atoms with Gasteiger partial charge in [-0.05, 0) is 52.0 Å². The summed E-state index contributed by atoms with van der Waals surface area (Å²) in [6.07, 6.45) is 2.17. The van der Waals surface area contributed by atoms with Crippen molar-refractivity contribution < 1.29 is 4.39 Å². The van der Waals surface area contributed by atoms with E-state index in [-0.39, 0.29) is 29.8 Å². The van der Waals surface area contributed by atoms with Gasteiger partial charge in [0.05, 0.1) is 4.47 Å². The van der Waals surface area contributed by atoms with Gasteiger partial charge in [-0.2, -0.15) is 0 Å². The summed E-state index contributed by atoms with van der Waals surface area (Å²) < 4.78 is 14.1. The fourth-order valence-corrected chi connectivity index (χ4v) is 3.55. The number of likely N-dealkylation sites (tertiary alicyclic amines) is 1. The average Bonchev–Trinajstić information content (AvgIpc) is 2.70. The van der Waals surface area contributed by atoms with Crippen LogP contribution in [0.4, 0.5) is 4.39 Å². The van der Waals surface area contributed by atoms with Crippen molar-refractivity contribution >= 4 is 45.9 Å². The SMILES string of the molecule is CN=C(NCc1ccc(Br)c(F)c1)NC1CCN(Cc2ccccc2)CC1.I. The molecule has 0 saturated carbocycles. The zero-order valence-electron chi connectivity index (χ0n) is 16.0. The van der Waals surface area contributed by atoms with Crippen LogP contribution < -0.4 is 10.6 Å². The first kappa shape index (κ1) is 23.1. The van der Waals surface area contributed by atoms with Gasteiger partial charge in [-0.15, -0.1) is 24.0 Å². The average molecular weight is 561 g/mol. The molecule has 3 rings (SSSR count). The minimum absolute atomic E-state index is 0. The van der Waals surface area contributed by atoms with Crippen LogP contribution in [-0.4, -0.2) is 37.0 Å². The van der Waals surface area contributed by atoms with E-state index in [1.807, 2.05) is 6.07 Å². The minimum atomic E-state index is -0.247. The topological polar surface area (TPSA) is 39.7 Å². The molecule has 2 aromatic carbocycles. The highest BCUT2D eigenvalue weighted by Crippen LogP contribution is 2.16. The van der Waals surface area contributed by atoms with Crippen LogP contribution in [0.2, 0.25) is 0 Å². The number of rotatable bonds is 5. The van der Waals surface area contributed by atoms with Gasteiger partial charge < -0.3 is 10.6 Å². The number of nitrogens with zero attached hydrogens (tertiary/aromatic N) is 2. The van der Waals surface area contributed by atoms with E-state index in [0.717, 1.165) is 44.0 Å². The molecule has 0 unspecified atom stereocenters. The minimum Gasteiger partial charge on any atom is -0.354 e. The molecule has 1 saturated heterocycles. The van der Waals surface area contributed by atoms with Crippen molar-refractivity contribution in [2.24, 2.45) is 4.99 Å². The lowest BCUT2D eigenvalue weighted by Gasteiger charge is -2.33. The summed E-state index contributed by atoms with van der Waals surface area (Å²) in [6.45, 7) is 3.69. The molecular formula is C21H27BrFIN4. The summed E-state index contributed by atoms with van der Waals surface area (Å²) >= 11 is 3.18. The number of halogens is 3. The van der Waals surface area contributed by atoms with Crippen molar-refractivity contribution in [1.82, 2.24) is 15.5 Å². The lowest BCUT2D eigenvalue weighted by atomic mass is 10.0. The molecule has 152 valence electrons. The molecule has 0 aliphatic carbocycles. The molecule has 7 heteroatoms. The summed E-state index contributed by atoms with van der Waals surface area (Å²) in [6, 6.07) is 16.2. The monoisotopic (exact) mass is 560 g/mol. The van der Waals surface area contributed by atoms with Crippen LogP contribution >= 0.6 is 39.9 Å². The smallest absolute Gasteiger partial charge is 0.191 e. The van der Waals surface area contributed by atoms with Crippen molar-refractivity contribution in [3.05, 3.63) is 69.9 Å². The first-order valence-corrected chi connectivity index (χ1v) is 10.1. The predicted molar refractivity (Wildman–Crippen MR) is 128 cm³/mol. The van der Waals surface area contributed by atoms with Gasteiger partial charge in [0.25, 0.3) is 0 Å². The van der Waals surface area contributed by atoms with Crippen molar-refractivity contribution in [3.8, 4) is 0 Å². The highest BCUT2D eigenvalue weighted by molar-refractivity contribution is 14.0. The van der Waals surface area contributed by atoms with E-state index < -0.39 is 0 Å². The number of nitrogens with one attached hydrogen (secondary N) is 2. The van der Waals surface area contributed by atoms with E-state index in [2.05, 4.69) is 66.8 Å². The van der Waals surface area contributed by atoms with Crippen LogP contribution in [0.3, 0.4) is 0 Å². The number of aliphatic imine (C=N–C) groups is 1. The molecule has 0 amide bonds. The molecule has 0 radical (unpaired) electrons. The third-order valence-corrected chi connectivity index (χ3v) is 5.49. The van der Waals surface area contributed by atoms with Crippen LogP contribution in [-0.2, 0) is 13.1 Å². The maximum Gasteiger partial charge on any atom is 0.191 e. The van der Waals surface area contributed by atoms with Gasteiger partial charge in [0.2, 0.25) is 0 Å². The zero-order chi connectivity index (χ0) is 19.1. The van der Waals surface area contributed by atoms with Gasteiger partial charge in [0, 0.05) is 39.3 Å². The first-order valence-electron chi connectivity index (χ1n) is 9.31. The Labute approximate surface area is 192 Å². The standard InChI is InChI=1S/C21H26BrFN4.HI/c1-24-21(25-14-17-7-8-19(22)20(23)13-17)26-18-9-11-27(12-10-18)15-16-5-3-2-4-6-16;/h2-8,13,18H,9-12,14-15H2,1H3,(H2,24,25,26);1H. The summed E-state index contributed by atoms with van der Waals surface area (Å²) in [7, 11) is 1.77. The van der Waals surface area contributed by atoms with E-state index in [1.54, 1.807) is 13.1 Å². The van der Waals surface area contributed by atoms with E-state index >= 15 is 0 Å². The third-order valence-electron chi connectivity index (χ3n) is 4.85. The quantitative estimate of drug-likeness (QED) is 0.320. The van der Waals surface area contributed by atoms with Gasteiger partial charge >= 0.3 is 0 Å². The Morgan fingerprint density at radius 3 is 2.50 bits per heavy atom. The van der Waals surface area contributed by atoms with Gasteiger partial charge in [-0.3, -0.25) is 9.89 Å². The van der Waals surface area contributed by atoms with E-state index in [4.69, 9.17) is 0 Å². The van der Waals surface area contributed by atoms with Gasteiger partial charge in [0.1, 0.15) is 5.82 Å². The van der Waals surface area contributed by atoms with Crippen molar-refractivity contribution in [1.29, 1.82) is 0 Å². The Morgan fingerprint density at radius 2 is 1.86 bits per heavy atom. The summed E-state index contributed by atoms with van der Waals surface area (Å²) in [5.41, 5.74) is 2.25. The second-order valence-corrected chi connectivity index (χ2v) is 7.71. The second-order valence-electron chi connectivity index (χ2n) is 6.85. The van der Waals surface area contributed by atoms with Crippen molar-refractivity contribution in [2.45, 2.75) is 32.0 Å². The molecular weight excluding hydrogens is 534 g/mol. The highest BCUT2D eigenvalue weighted by Gasteiger charge is 2.20. The van der Waals surface area contributed by atoms with E-state index in [0.29, 0.717) is 17.1 Å². The fraction of sp³-hybridized carbons (Fsp3) is 0.381. The van der Waals surface area contributed by atoms with Crippen LogP contribution in [0.1, 0.15) is 24.0 Å². The van der Waals surface area contributed by atoms with Crippen molar-refractivity contribution in [2.75, 3.05) is 20.1 Å². The molecule has 0 atom stereocenters. The van der Waals surface area contributed by atoms with Crippen LogP contribution in [0.15, 0.2) is 58.0 Å². The summed E-state index contributed by atoms with van der Waals surface area (Å²) in [5, 5.41) is 6.77. The molecule has 4 nitrogen and oxygen atoms in total. The predicted octanol–water partition coefficient (Wildman–Crippen LogP) is 4.54. The Hall–Kier alpha value is -1.19. The van der Waals surface area contributed by atoms with Gasteiger partial charge in [0.15, 0.2) is 5.96 Å². The van der Waals surface area contributed by atoms with E-state index in [9.17, 15) is 4.39 Å². The third kappa shape index (κ3) is 7.00. The van der Waals surface area contributed by atoms with E-state index in [1.165, 1.54) is 11.6 Å². The van der Waals surface area contributed by atoms with Gasteiger partial charge in [-0.25, -0.2) is 4.39 Å². The molecule has 0 bridgehead atoms. The zero-order valence-corrected chi connectivity index (χ0v) is 19.9. The molecule has 1 fully saturated rings. The molecule has 1 heterocycles. The maximum absolute atomic E-state index is 13.6. The Morgan fingerprint density at radius 1 is 1.14 bits per heavy atom.